The molecule has 42 heavy (non-hydrogen) atoms. The second-order valence-corrected chi connectivity index (χ2v) is 10.6. The molecule has 1 aliphatic carbocycles. The van der Waals surface area contributed by atoms with Gasteiger partial charge in [0.15, 0.2) is 17.5 Å². The van der Waals surface area contributed by atoms with Gasteiger partial charge >= 0.3 is 0 Å². The number of rotatable bonds is 7. The number of carbonyl (C=O) groups excluding carboxylic acids is 2. The Hall–Kier alpha value is -4.46. The Morgan fingerprint density at radius 2 is 1.93 bits per heavy atom. The maximum absolute atomic E-state index is 14.8. The molecule has 1 aromatic carbocycles. The summed E-state index contributed by atoms with van der Waals surface area (Å²) in [5.41, 5.74) is -0.312. The summed E-state index contributed by atoms with van der Waals surface area (Å²) in [5, 5.41) is 10.5. The number of anilines is 2. The van der Waals surface area contributed by atoms with E-state index in [-0.39, 0.29) is 46.3 Å². The van der Waals surface area contributed by atoms with E-state index in [2.05, 4.69) is 35.5 Å². The van der Waals surface area contributed by atoms with Crippen LogP contribution in [-0.2, 0) is 11.3 Å². The van der Waals surface area contributed by atoms with Gasteiger partial charge in [0, 0.05) is 23.6 Å². The molecule has 0 unspecified atom stereocenters. The SMILES string of the molecule is Cc1ncc(-c2c(C(F)F)ccc(Cl)c2F)nc1C(=O)Nc1cnn(Cc2cnc(N3C[C@H]4CC[C@H]4C3=O)c(C)n2)n1. The minimum atomic E-state index is -3.01. The highest BCUT2D eigenvalue weighted by Crippen LogP contribution is 2.43. The van der Waals surface area contributed by atoms with Crippen LogP contribution in [-0.4, -0.2) is 53.3 Å². The van der Waals surface area contributed by atoms with Gasteiger partial charge in [-0.1, -0.05) is 17.7 Å². The van der Waals surface area contributed by atoms with Crippen LogP contribution in [0, 0.1) is 31.5 Å². The molecule has 0 radical (unpaired) electrons. The van der Waals surface area contributed by atoms with Crippen LogP contribution >= 0.6 is 11.6 Å². The van der Waals surface area contributed by atoms with Crippen LogP contribution in [0.1, 0.15) is 52.4 Å². The highest BCUT2D eigenvalue weighted by Gasteiger charge is 2.47. The van der Waals surface area contributed by atoms with Crippen molar-refractivity contribution in [2.24, 2.45) is 11.8 Å². The number of hydrogen-bond acceptors (Lipinski definition) is 8. The molecule has 216 valence electrons. The molecule has 1 saturated heterocycles. The maximum atomic E-state index is 14.8. The van der Waals surface area contributed by atoms with Crippen LogP contribution in [0.3, 0.4) is 0 Å². The van der Waals surface area contributed by atoms with Gasteiger partial charge in [0.2, 0.25) is 5.91 Å². The van der Waals surface area contributed by atoms with Crippen LogP contribution in [0.5, 0.6) is 0 Å². The Bertz CT molecular complexity index is 1730. The molecule has 2 atom stereocenters. The van der Waals surface area contributed by atoms with E-state index < -0.39 is 29.3 Å². The summed E-state index contributed by atoms with van der Waals surface area (Å²) in [5.74, 6) is -0.622. The molecule has 1 saturated carbocycles. The molecule has 3 aromatic heterocycles. The van der Waals surface area contributed by atoms with Gasteiger partial charge in [-0.3, -0.25) is 24.5 Å². The first-order chi connectivity index (χ1) is 20.1. The van der Waals surface area contributed by atoms with Crippen molar-refractivity contribution < 1.29 is 22.8 Å². The number of hydrogen-bond donors (Lipinski definition) is 1. The topological polar surface area (TPSA) is 132 Å². The number of nitrogens with one attached hydrogen (secondary N) is 1. The minimum Gasteiger partial charge on any atom is -0.302 e. The van der Waals surface area contributed by atoms with Gasteiger partial charge in [-0.25, -0.2) is 23.1 Å². The minimum absolute atomic E-state index is 0.0771. The Balaban J connectivity index is 1.17. The third-order valence-electron chi connectivity index (χ3n) is 7.51. The highest BCUT2D eigenvalue weighted by atomic mass is 35.5. The van der Waals surface area contributed by atoms with Gasteiger partial charge in [-0.2, -0.15) is 9.90 Å². The van der Waals surface area contributed by atoms with E-state index in [0.717, 1.165) is 31.2 Å². The summed E-state index contributed by atoms with van der Waals surface area (Å²) in [6, 6.07) is 2.03. The second-order valence-electron chi connectivity index (χ2n) is 10.2. The van der Waals surface area contributed by atoms with Gasteiger partial charge in [0.1, 0.15) is 12.2 Å². The number of benzene rings is 1. The number of aromatic nitrogens is 7. The normalized spacial score (nSPS) is 17.9. The maximum Gasteiger partial charge on any atom is 0.277 e. The molecule has 2 fully saturated rings. The monoisotopic (exact) mass is 597 g/mol. The van der Waals surface area contributed by atoms with Crippen molar-refractivity contribution in [2.75, 3.05) is 16.8 Å². The standard InChI is InChI=1S/C27H23ClF3N9O2/c1-12-23(36-19(8-32-12)21-17(24(30)31)5-6-18(28)22(21)29)26(41)37-20-9-34-40(38-20)11-15-7-33-25(13(2)35-15)39-10-14-3-4-16(14)27(39)42/h5-9,14,16,24H,3-4,10-11H2,1-2H3,(H,37,38,41)/t14-,16-/m1/s1. The molecule has 0 bridgehead atoms. The lowest BCUT2D eigenvalue weighted by Crippen LogP contribution is -2.29. The van der Waals surface area contributed by atoms with Crippen molar-refractivity contribution in [2.45, 2.75) is 39.7 Å². The molecule has 4 heterocycles. The number of alkyl halides is 2. The third kappa shape index (κ3) is 4.95. The Morgan fingerprint density at radius 3 is 2.60 bits per heavy atom. The first-order valence-corrected chi connectivity index (χ1v) is 13.4. The van der Waals surface area contributed by atoms with Gasteiger partial charge in [-0.05, 0) is 38.7 Å². The molecule has 2 amide bonds. The van der Waals surface area contributed by atoms with E-state index in [1.54, 1.807) is 18.0 Å². The zero-order chi connectivity index (χ0) is 29.7. The van der Waals surface area contributed by atoms with E-state index in [9.17, 15) is 22.8 Å². The van der Waals surface area contributed by atoms with E-state index in [1.807, 2.05) is 0 Å². The largest absolute Gasteiger partial charge is 0.302 e. The summed E-state index contributed by atoms with van der Waals surface area (Å²) in [7, 11) is 0. The fourth-order valence-corrected chi connectivity index (χ4v) is 5.39. The Labute approximate surface area is 242 Å². The lowest BCUT2D eigenvalue weighted by Gasteiger charge is -2.25. The molecule has 0 spiro atoms. The van der Waals surface area contributed by atoms with Crippen molar-refractivity contribution in [3.8, 4) is 11.3 Å². The Kier molecular flexibility index (Phi) is 7.09. The number of halogens is 4. The van der Waals surface area contributed by atoms with Gasteiger partial charge < -0.3 is 5.32 Å². The fourth-order valence-electron chi connectivity index (χ4n) is 5.24. The predicted octanol–water partition coefficient (Wildman–Crippen LogP) is 4.55. The van der Waals surface area contributed by atoms with Crippen molar-refractivity contribution in [1.29, 1.82) is 0 Å². The number of nitrogens with zero attached hydrogens (tertiary/aromatic N) is 8. The molecule has 15 heteroatoms. The zero-order valence-corrected chi connectivity index (χ0v) is 23.1. The zero-order valence-electron chi connectivity index (χ0n) is 22.4. The molecular formula is C27H23ClF3N9O2. The number of fused-ring (bicyclic) bond motifs is 1. The van der Waals surface area contributed by atoms with Crippen molar-refractivity contribution in [1.82, 2.24) is 34.9 Å². The van der Waals surface area contributed by atoms with Crippen LogP contribution < -0.4 is 10.2 Å². The molecule has 6 rings (SSSR count). The van der Waals surface area contributed by atoms with Crippen LogP contribution in [0.2, 0.25) is 5.02 Å². The van der Waals surface area contributed by atoms with Crippen molar-refractivity contribution in [3.05, 3.63) is 69.9 Å². The summed E-state index contributed by atoms with van der Waals surface area (Å²) < 4.78 is 41.9. The molecule has 4 aromatic rings. The molecule has 11 nitrogen and oxygen atoms in total. The summed E-state index contributed by atoms with van der Waals surface area (Å²) in [6.45, 7) is 4.09. The van der Waals surface area contributed by atoms with E-state index >= 15 is 0 Å². The summed E-state index contributed by atoms with van der Waals surface area (Å²) in [6.07, 6.45) is 2.94. The highest BCUT2D eigenvalue weighted by molar-refractivity contribution is 6.31. The van der Waals surface area contributed by atoms with Crippen molar-refractivity contribution >= 4 is 35.1 Å². The predicted molar refractivity (Wildman–Crippen MR) is 145 cm³/mol. The third-order valence-corrected chi connectivity index (χ3v) is 7.81. The number of amides is 2. The fraction of sp³-hybridized carbons (Fsp3) is 0.333. The molecular weight excluding hydrogens is 575 g/mol. The first kappa shape index (κ1) is 27.7. The van der Waals surface area contributed by atoms with Crippen molar-refractivity contribution in [3.63, 3.8) is 0 Å². The molecule has 1 aliphatic heterocycles. The van der Waals surface area contributed by atoms with E-state index in [1.165, 1.54) is 17.9 Å². The van der Waals surface area contributed by atoms with Crippen LogP contribution in [0.15, 0.2) is 30.7 Å². The molecule has 1 N–H and O–H groups in total. The molecule has 2 aliphatic rings. The van der Waals surface area contributed by atoms with Crippen LogP contribution in [0.4, 0.5) is 24.8 Å². The smallest absolute Gasteiger partial charge is 0.277 e. The Morgan fingerprint density at radius 1 is 1.12 bits per heavy atom. The average molecular weight is 598 g/mol. The van der Waals surface area contributed by atoms with Gasteiger partial charge in [0.25, 0.3) is 12.3 Å². The quantitative estimate of drug-likeness (QED) is 0.328. The van der Waals surface area contributed by atoms with Gasteiger partial charge in [0.05, 0.1) is 46.4 Å². The lowest BCUT2D eigenvalue weighted by molar-refractivity contribution is -0.123. The summed E-state index contributed by atoms with van der Waals surface area (Å²) >= 11 is 5.82. The first-order valence-electron chi connectivity index (χ1n) is 13.1. The summed E-state index contributed by atoms with van der Waals surface area (Å²) in [4.78, 5) is 45.9. The second kappa shape index (κ2) is 10.7. The number of carbonyl (C=O) groups is 2. The van der Waals surface area contributed by atoms with E-state index in [4.69, 9.17) is 11.6 Å². The average Bonchev–Trinajstić information content (AvgIpc) is 3.45. The number of aryl methyl sites for hydroxylation is 2. The van der Waals surface area contributed by atoms with Gasteiger partial charge in [-0.15, -0.1) is 5.10 Å². The van der Waals surface area contributed by atoms with E-state index in [0.29, 0.717) is 29.7 Å². The van der Waals surface area contributed by atoms with Crippen LogP contribution in [0.25, 0.3) is 11.3 Å². The lowest BCUT2D eigenvalue weighted by atomic mass is 9.76.